The minimum Gasteiger partial charge on any atom is -0.365 e. The number of carbonyl (C=O) groups excluding carboxylic acids is 1. The van der Waals surface area contributed by atoms with Gasteiger partial charge in [-0.25, -0.2) is 4.98 Å². The van der Waals surface area contributed by atoms with Gasteiger partial charge in [-0.2, -0.15) is 0 Å². The number of rotatable bonds is 5. The molecule has 1 aromatic heterocycles. The van der Waals surface area contributed by atoms with E-state index in [1.165, 1.54) is 11.3 Å². The Morgan fingerprint density at radius 1 is 1.35 bits per heavy atom. The zero-order valence-corrected chi connectivity index (χ0v) is 12.7. The van der Waals surface area contributed by atoms with E-state index in [4.69, 9.17) is 11.6 Å². The Labute approximate surface area is 126 Å². The van der Waals surface area contributed by atoms with Crippen molar-refractivity contribution in [2.24, 2.45) is 0 Å². The van der Waals surface area contributed by atoms with Crippen molar-refractivity contribution in [3.63, 3.8) is 0 Å². The summed E-state index contributed by atoms with van der Waals surface area (Å²) in [6.45, 7) is 0. The number of aldehydes is 1. The van der Waals surface area contributed by atoms with E-state index in [0.29, 0.717) is 15.6 Å². The van der Waals surface area contributed by atoms with Crippen molar-refractivity contribution in [3.8, 4) is 0 Å². The van der Waals surface area contributed by atoms with Crippen molar-refractivity contribution in [2.75, 3.05) is 24.3 Å². The number of aromatic nitrogens is 1. The normalized spacial score (nSPS) is 10.8. The van der Waals surface area contributed by atoms with E-state index < -0.39 is 0 Å². The summed E-state index contributed by atoms with van der Waals surface area (Å²) >= 11 is 7.19. The van der Waals surface area contributed by atoms with Gasteiger partial charge in [-0.3, -0.25) is 4.79 Å². The van der Waals surface area contributed by atoms with Gasteiger partial charge in [0.2, 0.25) is 0 Å². The highest BCUT2D eigenvalue weighted by Gasteiger charge is 2.07. The lowest BCUT2D eigenvalue weighted by Gasteiger charge is -2.13. The fraction of sp³-hybridized carbons (Fsp3) is 0.143. The topological polar surface area (TPSA) is 45.2 Å². The molecule has 0 aliphatic heterocycles. The van der Waals surface area contributed by atoms with Crippen LogP contribution in [0.3, 0.4) is 0 Å². The molecule has 1 N–H and O–H groups in total. The molecule has 0 aliphatic carbocycles. The summed E-state index contributed by atoms with van der Waals surface area (Å²) in [4.78, 5) is 17.9. The molecule has 0 amide bonds. The lowest BCUT2D eigenvalue weighted by atomic mass is 10.3. The van der Waals surface area contributed by atoms with Gasteiger partial charge >= 0.3 is 0 Å². The molecule has 0 unspecified atom stereocenters. The highest BCUT2D eigenvalue weighted by atomic mass is 35.5. The van der Waals surface area contributed by atoms with Crippen LogP contribution in [0.15, 0.2) is 30.5 Å². The first-order chi connectivity index (χ1) is 9.63. The molecule has 4 nitrogen and oxygen atoms in total. The molecule has 0 saturated carbocycles. The smallest absolute Gasteiger partial charge is 0.183 e. The largest absolute Gasteiger partial charge is 0.365 e. The average molecular weight is 308 g/mol. The summed E-state index contributed by atoms with van der Waals surface area (Å²) in [6.07, 6.45) is 4.50. The number of halogens is 1. The molecular weight excluding hydrogens is 294 g/mol. The maximum absolute atomic E-state index is 11.0. The summed E-state index contributed by atoms with van der Waals surface area (Å²) < 4.78 is 0. The van der Waals surface area contributed by atoms with Gasteiger partial charge in [0, 0.05) is 31.0 Å². The molecule has 6 heteroatoms. The van der Waals surface area contributed by atoms with Gasteiger partial charge < -0.3 is 10.2 Å². The van der Waals surface area contributed by atoms with Gasteiger partial charge in [0.05, 0.1) is 10.6 Å². The van der Waals surface area contributed by atoms with Crippen LogP contribution < -0.4 is 10.2 Å². The monoisotopic (exact) mass is 307 g/mol. The van der Waals surface area contributed by atoms with E-state index in [9.17, 15) is 4.79 Å². The quantitative estimate of drug-likeness (QED) is 0.854. The average Bonchev–Trinajstić information content (AvgIpc) is 2.88. The van der Waals surface area contributed by atoms with Gasteiger partial charge in [0.1, 0.15) is 0 Å². The van der Waals surface area contributed by atoms with Gasteiger partial charge in [-0.15, -0.1) is 0 Å². The fourth-order valence-electron chi connectivity index (χ4n) is 1.60. The van der Waals surface area contributed by atoms with Crippen molar-refractivity contribution in [3.05, 3.63) is 46.1 Å². The van der Waals surface area contributed by atoms with Crippen molar-refractivity contribution >= 4 is 46.1 Å². The molecule has 0 radical (unpaired) electrons. The summed E-state index contributed by atoms with van der Waals surface area (Å²) in [6, 6.07) is 7.51. The number of nitrogens with zero attached hydrogens (tertiary/aromatic N) is 2. The first kappa shape index (κ1) is 14.6. The molecule has 0 saturated heterocycles. The van der Waals surface area contributed by atoms with Crippen LogP contribution in [0.4, 0.5) is 10.8 Å². The number of carbonyl (C=O) groups is 1. The zero-order valence-electron chi connectivity index (χ0n) is 11.1. The predicted molar refractivity (Wildman–Crippen MR) is 85.9 cm³/mol. The maximum Gasteiger partial charge on any atom is 0.183 e. The Kier molecular flexibility index (Phi) is 4.76. The van der Waals surface area contributed by atoms with E-state index in [0.717, 1.165) is 17.1 Å². The predicted octanol–water partition coefficient (Wildman–Crippen LogP) is 3.76. The van der Waals surface area contributed by atoms with Crippen LogP contribution in [0.25, 0.3) is 6.08 Å². The second-order valence-corrected chi connectivity index (χ2v) is 5.51. The summed E-state index contributed by atoms with van der Waals surface area (Å²) in [7, 11) is 3.70. The Balaban J connectivity index is 2.18. The zero-order chi connectivity index (χ0) is 14.5. The van der Waals surface area contributed by atoms with Gasteiger partial charge in [-0.1, -0.05) is 22.9 Å². The maximum atomic E-state index is 11.0. The Hall–Kier alpha value is -1.85. The fourth-order valence-corrected chi connectivity index (χ4v) is 2.45. The Morgan fingerprint density at radius 3 is 2.65 bits per heavy atom. The summed E-state index contributed by atoms with van der Waals surface area (Å²) in [5.41, 5.74) is 1.66. The molecule has 1 aromatic carbocycles. The van der Waals surface area contributed by atoms with Crippen LogP contribution in [-0.2, 0) is 0 Å². The third kappa shape index (κ3) is 3.37. The number of anilines is 2. The molecule has 0 atom stereocenters. The van der Waals surface area contributed by atoms with Crippen molar-refractivity contribution in [1.82, 2.24) is 4.98 Å². The minimum atomic E-state index is 0.607. The highest BCUT2D eigenvalue weighted by Crippen LogP contribution is 2.23. The molecule has 0 spiro atoms. The van der Waals surface area contributed by atoms with Gasteiger partial charge in [-0.05, 0) is 30.3 Å². The lowest BCUT2D eigenvalue weighted by molar-refractivity contribution is 0.112. The molecule has 2 aromatic rings. The molecular formula is C14H14ClN3OS. The molecule has 1 heterocycles. The van der Waals surface area contributed by atoms with Crippen molar-refractivity contribution < 1.29 is 4.79 Å². The number of hydrogen-bond donors (Lipinski definition) is 1. The van der Waals surface area contributed by atoms with E-state index in [-0.39, 0.29) is 0 Å². The third-order valence-electron chi connectivity index (χ3n) is 2.69. The number of hydrogen-bond acceptors (Lipinski definition) is 5. The summed E-state index contributed by atoms with van der Waals surface area (Å²) in [5.74, 6) is 0. The molecule has 2 rings (SSSR count). The van der Waals surface area contributed by atoms with E-state index in [1.807, 2.05) is 48.5 Å². The first-order valence-electron chi connectivity index (χ1n) is 5.94. The SMILES string of the molecule is CNc1nc(/C=C\N(C)c2ccc(Cl)cc2)c(C=O)s1. The van der Waals surface area contributed by atoms with Crippen LogP contribution >= 0.6 is 22.9 Å². The first-order valence-corrected chi connectivity index (χ1v) is 7.14. The van der Waals surface area contributed by atoms with E-state index in [1.54, 1.807) is 7.05 Å². The number of thiazole rings is 1. The van der Waals surface area contributed by atoms with Crippen molar-refractivity contribution in [1.29, 1.82) is 0 Å². The molecule has 104 valence electrons. The molecule has 0 aliphatic rings. The number of nitrogens with one attached hydrogen (secondary N) is 1. The Morgan fingerprint density at radius 2 is 2.05 bits per heavy atom. The van der Waals surface area contributed by atoms with Crippen LogP contribution in [-0.4, -0.2) is 25.4 Å². The van der Waals surface area contributed by atoms with E-state index in [2.05, 4.69) is 10.3 Å². The third-order valence-corrected chi connectivity index (χ3v) is 3.96. The summed E-state index contributed by atoms with van der Waals surface area (Å²) in [5, 5.41) is 4.36. The number of benzene rings is 1. The van der Waals surface area contributed by atoms with Crippen LogP contribution in [0, 0.1) is 0 Å². The molecule has 20 heavy (non-hydrogen) atoms. The minimum absolute atomic E-state index is 0.607. The van der Waals surface area contributed by atoms with Crippen LogP contribution in [0.2, 0.25) is 5.02 Å². The second kappa shape index (κ2) is 6.54. The van der Waals surface area contributed by atoms with Crippen LogP contribution in [0.1, 0.15) is 15.4 Å². The lowest BCUT2D eigenvalue weighted by Crippen LogP contribution is -2.07. The van der Waals surface area contributed by atoms with Gasteiger partial charge in [0.15, 0.2) is 11.4 Å². The van der Waals surface area contributed by atoms with E-state index >= 15 is 0 Å². The Bertz CT molecular complexity index is 622. The highest BCUT2D eigenvalue weighted by molar-refractivity contribution is 7.17. The second-order valence-electron chi connectivity index (χ2n) is 4.04. The van der Waals surface area contributed by atoms with Gasteiger partial charge in [0.25, 0.3) is 0 Å². The van der Waals surface area contributed by atoms with Crippen molar-refractivity contribution in [2.45, 2.75) is 0 Å². The molecule has 0 fully saturated rings. The van der Waals surface area contributed by atoms with Crippen LogP contribution in [0.5, 0.6) is 0 Å². The molecule has 0 bridgehead atoms. The standard InChI is InChI=1S/C14H14ClN3OS/c1-16-14-17-12(13(9-19)20-14)7-8-18(2)11-5-3-10(15)4-6-11/h3-9H,1-2H3,(H,16,17)/b8-7-.